The summed E-state index contributed by atoms with van der Waals surface area (Å²) in [5.41, 5.74) is 0.679. The van der Waals surface area contributed by atoms with Crippen molar-refractivity contribution in [3.63, 3.8) is 0 Å². The standard InChI is InChI=1S/C13H17F2NS/c1-9(16-13-3-2-4-17-8-13)10-5-11(14)7-12(15)6-10/h5-7,9,13,16H,2-4,8H2,1H3. The summed E-state index contributed by atoms with van der Waals surface area (Å²) in [4.78, 5) is 0. The van der Waals surface area contributed by atoms with Gasteiger partial charge in [0.05, 0.1) is 0 Å². The Balaban J connectivity index is 2.00. The van der Waals surface area contributed by atoms with E-state index in [-0.39, 0.29) is 6.04 Å². The van der Waals surface area contributed by atoms with Gasteiger partial charge in [-0.2, -0.15) is 11.8 Å². The largest absolute Gasteiger partial charge is 0.307 e. The van der Waals surface area contributed by atoms with Crippen molar-refractivity contribution in [1.82, 2.24) is 5.32 Å². The fraction of sp³-hybridized carbons (Fsp3) is 0.538. The molecule has 1 aromatic carbocycles. The number of benzene rings is 1. The van der Waals surface area contributed by atoms with E-state index in [2.05, 4.69) is 5.32 Å². The lowest BCUT2D eigenvalue weighted by Crippen LogP contribution is -2.35. The van der Waals surface area contributed by atoms with Crippen LogP contribution in [0.5, 0.6) is 0 Å². The Bertz CT molecular complexity index is 357. The number of rotatable bonds is 3. The first kappa shape index (κ1) is 12.8. The molecule has 17 heavy (non-hydrogen) atoms. The average Bonchev–Trinajstić information content (AvgIpc) is 2.29. The summed E-state index contributed by atoms with van der Waals surface area (Å²) in [7, 11) is 0. The SMILES string of the molecule is CC(NC1CCCSC1)c1cc(F)cc(F)c1. The fourth-order valence-electron chi connectivity index (χ4n) is 2.15. The van der Waals surface area contributed by atoms with E-state index in [4.69, 9.17) is 0 Å². The van der Waals surface area contributed by atoms with Gasteiger partial charge in [0.25, 0.3) is 0 Å². The van der Waals surface area contributed by atoms with Gasteiger partial charge in [-0.1, -0.05) is 0 Å². The summed E-state index contributed by atoms with van der Waals surface area (Å²) >= 11 is 1.94. The van der Waals surface area contributed by atoms with E-state index in [0.29, 0.717) is 11.6 Å². The molecule has 2 rings (SSSR count). The van der Waals surface area contributed by atoms with Crippen LogP contribution in [-0.4, -0.2) is 17.5 Å². The van der Waals surface area contributed by atoms with Crippen LogP contribution in [0.15, 0.2) is 18.2 Å². The highest BCUT2D eigenvalue weighted by atomic mass is 32.2. The molecule has 1 aromatic rings. The third kappa shape index (κ3) is 3.68. The third-order valence-corrected chi connectivity index (χ3v) is 4.25. The van der Waals surface area contributed by atoms with Crippen molar-refractivity contribution in [2.24, 2.45) is 0 Å². The van der Waals surface area contributed by atoms with E-state index >= 15 is 0 Å². The zero-order valence-corrected chi connectivity index (χ0v) is 10.7. The van der Waals surface area contributed by atoms with Crippen LogP contribution < -0.4 is 5.32 Å². The van der Waals surface area contributed by atoms with Crippen LogP contribution in [0.1, 0.15) is 31.4 Å². The van der Waals surface area contributed by atoms with E-state index in [1.165, 1.54) is 24.3 Å². The molecule has 1 aliphatic rings. The summed E-state index contributed by atoms with van der Waals surface area (Å²) in [6, 6.07) is 4.15. The minimum atomic E-state index is -0.508. The quantitative estimate of drug-likeness (QED) is 0.889. The van der Waals surface area contributed by atoms with Crippen LogP contribution in [0.4, 0.5) is 8.78 Å². The zero-order valence-electron chi connectivity index (χ0n) is 9.88. The molecule has 2 unspecified atom stereocenters. The molecule has 0 spiro atoms. The molecule has 0 bridgehead atoms. The molecule has 4 heteroatoms. The minimum Gasteiger partial charge on any atom is -0.307 e. The Labute approximate surface area is 105 Å². The van der Waals surface area contributed by atoms with Crippen LogP contribution in [0.25, 0.3) is 0 Å². The molecule has 1 aliphatic heterocycles. The lowest BCUT2D eigenvalue weighted by Gasteiger charge is -2.26. The molecule has 94 valence electrons. The van der Waals surface area contributed by atoms with Gasteiger partial charge in [0, 0.05) is 23.9 Å². The van der Waals surface area contributed by atoms with Gasteiger partial charge in [-0.3, -0.25) is 0 Å². The molecule has 1 saturated heterocycles. The molecule has 0 aromatic heterocycles. The first-order chi connectivity index (χ1) is 8.15. The van der Waals surface area contributed by atoms with Crippen molar-refractivity contribution in [3.8, 4) is 0 Å². The molecule has 0 amide bonds. The Morgan fingerprint density at radius 1 is 1.29 bits per heavy atom. The van der Waals surface area contributed by atoms with Gasteiger partial charge in [-0.25, -0.2) is 8.78 Å². The van der Waals surface area contributed by atoms with E-state index in [0.717, 1.165) is 18.2 Å². The first-order valence-electron chi connectivity index (χ1n) is 5.95. The average molecular weight is 257 g/mol. The van der Waals surface area contributed by atoms with Gasteiger partial charge < -0.3 is 5.32 Å². The second kappa shape index (κ2) is 5.83. The van der Waals surface area contributed by atoms with Gasteiger partial charge >= 0.3 is 0 Å². The predicted octanol–water partition coefficient (Wildman–Crippen LogP) is 3.51. The molecule has 1 fully saturated rings. The zero-order chi connectivity index (χ0) is 12.3. The highest BCUT2D eigenvalue weighted by Crippen LogP contribution is 2.21. The smallest absolute Gasteiger partial charge is 0.126 e. The topological polar surface area (TPSA) is 12.0 Å². The number of nitrogens with one attached hydrogen (secondary N) is 1. The highest BCUT2D eigenvalue weighted by Gasteiger charge is 2.17. The number of halogens is 2. The lowest BCUT2D eigenvalue weighted by atomic mass is 10.1. The molecule has 0 aliphatic carbocycles. The van der Waals surface area contributed by atoms with Crippen molar-refractivity contribution >= 4 is 11.8 Å². The monoisotopic (exact) mass is 257 g/mol. The first-order valence-corrected chi connectivity index (χ1v) is 7.10. The van der Waals surface area contributed by atoms with Gasteiger partial charge in [0.1, 0.15) is 11.6 Å². The van der Waals surface area contributed by atoms with Gasteiger partial charge in [-0.05, 0) is 43.2 Å². The normalized spacial score (nSPS) is 22.4. The van der Waals surface area contributed by atoms with E-state index in [1.54, 1.807) is 0 Å². The summed E-state index contributed by atoms with van der Waals surface area (Å²) in [5.74, 6) is 1.29. The maximum absolute atomic E-state index is 13.1. The van der Waals surface area contributed by atoms with Gasteiger partial charge in [0.2, 0.25) is 0 Å². The summed E-state index contributed by atoms with van der Waals surface area (Å²) in [5, 5.41) is 3.44. The summed E-state index contributed by atoms with van der Waals surface area (Å²) < 4.78 is 26.2. The summed E-state index contributed by atoms with van der Waals surface area (Å²) in [6.07, 6.45) is 2.36. The van der Waals surface area contributed by atoms with Crippen molar-refractivity contribution in [2.45, 2.75) is 31.8 Å². The van der Waals surface area contributed by atoms with Crippen molar-refractivity contribution in [2.75, 3.05) is 11.5 Å². The summed E-state index contributed by atoms with van der Waals surface area (Å²) in [6.45, 7) is 1.95. The number of thioether (sulfide) groups is 1. The molecular weight excluding hydrogens is 240 g/mol. The van der Waals surface area contributed by atoms with Crippen LogP contribution in [-0.2, 0) is 0 Å². The molecule has 2 atom stereocenters. The molecule has 0 radical (unpaired) electrons. The molecule has 1 nitrogen and oxygen atoms in total. The number of hydrogen-bond acceptors (Lipinski definition) is 2. The Morgan fingerprint density at radius 2 is 2.00 bits per heavy atom. The van der Waals surface area contributed by atoms with E-state index in [9.17, 15) is 8.78 Å². The van der Waals surface area contributed by atoms with Crippen LogP contribution >= 0.6 is 11.8 Å². The number of hydrogen-bond donors (Lipinski definition) is 1. The van der Waals surface area contributed by atoms with Gasteiger partial charge in [-0.15, -0.1) is 0 Å². The maximum atomic E-state index is 13.1. The Hall–Kier alpha value is -0.610. The molecule has 1 heterocycles. The van der Waals surface area contributed by atoms with Crippen LogP contribution in [0.3, 0.4) is 0 Å². The molecule has 1 N–H and O–H groups in total. The second-order valence-electron chi connectivity index (χ2n) is 4.51. The third-order valence-electron chi connectivity index (χ3n) is 3.03. The predicted molar refractivity (Wildman–Crippen MR) is 68.3 cm³/mol. The van der Waals surface area contributed by atoms with Crippen molar-refractivity contribution < 1.29 is 8.78 Å². The van der Waals surface area contributed by atoms with E-state index < -0.39 is 11.6 Å². The fourth-order valence-corrected chi connectivity index (χ4v) is 3.23. The second-order valence-corrected chi connectivity index (χ2v) is 5.66. The van der Waals surface area contributed by atoms with Crippen LogP contribution in [0.2, 0.25) is 0 Å². The van der Waals surface area contributed by atoms with Crippen LogP contribution in [0, 0.1) is 11.6 Å². The highest BCUT2D eigenvalue weighted by molar-refractivity contribution is 7.99. The maximum Gasteiger partial charge on any atom is 0.126 e. The Morgan fingerprint density at radius 3 is 2.59 bits per heavy atom. The minimum absolute atomic E-state index is 0.0103. The lowest BCUT2D eigenvalue weighted by molar-refractivity contribution is 0.449. The van der Waals surface area contributed by atoms with E-state index in [1.807, 2.05) is 18.7 Å². The van der Waals surface area contributed by atoms with Crippen molar-refractivity contribution in [3.05, 3.63) is 35.4 Å². The van der Waals surface area contributed by atoms with Crippen molar-refractivity contribution in [1.29, 1.82) is 0 Å². The molecule has 0 saturated carbocycles. The Kier molecular flexibility index (Phi) is 4.40. The van der Waals surface area contributed by atoms with Gasteiger partial charge in [0.15, 0.2) is 0 Å². The molecular formula is C13H17F2NS.